The van der Waals surface area contributed by atoms with Crippen LogP contribution in [0.3, 0.4) is 0 Å². The quantitative estimate of drug-likeness (QED) is 0.905. The number of hydrogen-bond acceptors (Lipinski definition) is 5. The van der Waals surface area contributed by atoms with Crippen LogP contribution in [0, 0.1) is 5.92 Å². The smallest absolute Gasteiger partial charge is 0.203 e. The van der Waals surface area contributed by atoms with Crippen LogP contribution in [-0.4, -0.2) is 21.5 Å². The molecule has 2 unspecified atom stereocenters. The van der Waals surface area contributed by atoms with Gasteiger partial charge in [-0.15, -0.1) is 0 Å². The number of hydrogen-bond donors (Lipinski definition) is 1. The van der Waals surface area contributed by atoms with Gasteiger partial charge in [-0.05, 0) is 52.9 Å². The van der Waals surface area contributed by atoms with Gasteiger partial charge < -0.3 is 10.1 Å². The Balaban J connectivity index is 2.21. The SMILES string of the molecule is CCOC1(c2nsc(NC(C)(C)C)n2)CCCC(C)C1. The van der Waals surface area contributed by atoms with Gasteiger partial charge in [-0.3, -0.25) is 0 Å². The molecule has 1 heterocycles. The average molecular weight is 297 g/mol. The van der Waals surface area contributed by atoms with Crippen molar-refractivity contribution < 1.29 is 4.74 Å². The van der Waals surface area contributed by atoms with Crippen molar-refractivity contribution in [1.82, 2.24) is 9.36 Å². The van der Waals surface area contributed by atoms with E-state index in [9.17, 15) is 0 Å². The molecule has 0 radical (unpaired) electrons. The topological polar surface area (TPSA) is 47.0 Å². The fourth-order valence-corrected chi connectivity index (χ4v) is 3.82. The second-order valence-electron chi connectivity index (χ2n) is 6.93. The third-order valence-corrected chi connectivity index (χ3v) is 4.32. The van der Waals surface area contributed by atoms with Crippen molar-refractivity contribution in [3.63, 3.8) is 0 Å². The largest absolute Gasteiger partial charge is 0.367 e. The predicted octanol–water partition coefficient (Wildman–Crippen LogP) is 4.19. The maximum absolute atomic E-state index is 6.12. The van der Waals surface area contributed by atoms with E-state index in [-0.39, 0.29) is 11.1 Å². The Kier molecular flexibility index (Phi) is 4.69. The van der Waals surface area contributed by atoms with Crippen molar-refractivity contribution in [3.8, 4) is 0 Å². The number of rotatable bonds is 4. The van der Waals surface area contributed by atoms with E-state index < -0.39 is 0 Å². The van der Waals surface area contributed by atoms with Crippen molar-refractivity contribution in [2.45, 2.75) is 71.4 Å². The molecule has 0 spiro atoms. The lowest BCUT2D eigenvalue weighted by atomic mass is 9.78. The van der Waals surface area contributed by atoms with Crippen molar-refractivity contribution in [2.24, 2.45) is 5.92 Å². The van der Waals surface area contributed by atoms with Gasteiger partial charge in [-0.2, -0.15) is 4.37 Å². The van der Waals surface area contributed by atoms with Gasteiger partial charge in [0.15, 0.2) is 5.82 Å². The lowest BCUT2D eigenvalue weighted by Gasteiger charge is -2.37. The van der Waals surface area contributed by atoms with Crippen molar-refractivity contribution in [1.29, 1.82) is 0 Å². The number of nitrogens with one attached hydrogen (secondary N) is 1. The van der Waals surface area contributed by atoms with Crippen LogP contribution in [0.4, 0.5) is 5.13 Å². The molecule has 5 heteroatoms. The first kappa shape index (κ1) is 15.7. The molecule has 1 N–H and O–H groups in total. The summed E-state index contributed by atoms with van der Waals surface area (Å²) in [5, 5.41) is 4.29. The molecule has 1 aromatic heterocycles. The normalized spacial score (nSPS) is 27.6. The zero-order chi connectivity index (χ0) is 14.8. The number of anilines is 1. The van der Waals surface area contributed by atoms with E-state index >= 15 is 0 Å². The summed E-state index contributed by atoms with van der Waals surface area (Å²) < 4.78 is 10.7. The highest BCUT2D eigenvalue weighted by Gasteiger charge is 2.41. The summed E-state index contributed by atoms with van der Waals surface area (Å²) in [6.45, 7) is 11.5. The molecule has 2 atom stereocenters. The molecule has 0 aromatic carbocycles. The monoisotopic (exact) mass is 297 g/mol. The van der Waals surface area contributed by atoms with E-state index in [2.05, 4.69) is 44.3 Å². The van der Waals surface area contributed by atoms with E-state index in [0.29, 0.717) is 12.5 Å². The van der Waals surface area contributed by atoms with Gasteiger partial charge in [0.25, 0.3) is 0 Å². The van der Waals surface area contributed by atoms with E-state index in [4.69, 9.17) is 9.72 Å². The second kappa shape index (κ2) is 5.98. The summed E-state index contributed by atoms with van der Waals surface area (Å²) in [4.78, 5) is 4.72. The summed E-state index contributed by atoms with van der Waals surface area (Å²) in [6, 6.07) is 0. The molecule has 0 bridgehead atoms. The molecule has 1 aromatic rings. The molecule has 0 saturated heterocycles. The molecule has 20 heavy (non-hydrogen) atoms. The summed E-state index contributed by atoms with van der Waals surface area (Å²) in [7, 11) is 0. The first-order valence-corrected chi connectivity index (χ1v) is 8.38. The van der Waals surface area contributed by atoms with E-state index in [0.717, 1.165) is 23.8 Å². The fourth-order valence-electron chi connectivity index (χ4n) is 2.96. The molecule has 0 aliphatic heterocycles. The van der Waals surface area contributed by atoms with Crippen LogP contribution in [0.25, 0.3) is 0 Å². The van der Waals surface area contributed by atoms with Crippen LogP contribution in [-0.2, 0) is 10.3 Å². The van der Waals surface area contributed by atoms with E-state index in [1.165, 1.54) is 24.4 Å². The molecule has 114 valence electrons. The lowest BCUT2D eigenvalue weighted by molar-refractivity contribution is -0.0873. The molecule has 1 saturated carbocycles. The van der Waals surface area contributed by atoms with Gasteiger partial charge in [-0.1, -0.05) is 13.3 Å². The Morgan fingerprint density at radius 3 is 2.80 bits per heavy atom. The third kappa shape index (κ3) is 3.70. The molecule has 1 aliphatic carbocycles. The van der Waals surface area contributed by atoms with Crippen molar-refractivity contribution in [2.75, 3.05) is 11.9 Å². The van der Waals surface area contributed by atoms with Crippen LogP contribution in [0.1, 0.15) is 66.1 Å². The predicted molar refractivity (Wildman–Crippen MR) is 84.2 cm³/mol. The van der Waals surface area contributed by atoms with Crippen molar-refractivity contribution in [3.05, 3.63) is 5.82 Å². The number of aromatic nitrogens is 2. The molecule has 1 fully saturated rings. The molecule has 1 aliphatic rings. The molecular formula is C15H27N3OS. The third-order valence-electron chi connectivity index (χ3n) is 3.69. The van der Waals surface area contributed by atoms with Crippen LogP contribution < -0.4 is 5.32 Å². The van der Waals surface area contributed by atoms with Gasteiger partial charge in [0.05, 0.1) is 0 Å². The number of nitrogens with zero attached hydrogens (tertiary/aromatic N) is 2. The first-order valence-electron chi connectivity index (χ1n) is 7.61. The van der Waals surface area contributed by atoms with Crippen LogP contribution in [0.5, 0.6) is 0 Å². The molecule has 2 rings (SSSR count). The molecule has 0 amide bonds. The van der Waals surface area contributed by atoms with Gasteiger partial charge in [0.2, 0.25) is 5.13 Å². The van der Waals surface area contributed by atoms with Gasteiger partial charge in [0, 0.05) is 23.7 Å². The van der Waals surface area contributed by atoms with Crippen LogP contribution >= 0.6 is 11.5 Å². The van der Waals surface area contributed by atoms with E-state index in [1.54, 1.807) is 0 Å². The van der Waals surface area contributed by atoms with Gasteiger partial charge in [0.1, 0.15) is 5.60 Å². The zero-order valence-electron chi connectivity index (χ0n) is 13.3. The minimum absolute atomic E-state index is 0.00936. The Hall–Kier alpha value is -0.680. The van der Waals surface area contributed by atoms with Crippen LogP contribution in [0.15, 0.2) is 0 Å². The summed E-state index contributed by atoms with van der Waals surface area (Å²) >= 11 is 1.44. The fraction of sp³-hybridized carbons (Fsp3) is 0.867. The van der Waals surface area contributed by atoms with Crippen LogP contribution in [0.2, 0.25) is 0 Å². The Morgan fingerprint density at radius 2 is 2.20 bits per heavy atom. The summed E-state index contributed by atoms with van der Waals surface area (Å²) in [5.41, 5.74) is -0.254. The van der Waals surface area contributed by atoms with E-state index in [1.807, 2.05) is 0 Å². The first-order chi connectivity index (χ1) is 9.35. The minimum atomic E-state index is -0.263. The maximum atomic E-state index is 6.12. The Morgan fingerprint density at radius 1 is 1.45 bits per heavy atom. The maximum Gasteiger partial charge on any atom is 0.203 e. The van der Waals surface area contributed by atoms with Crippen molar-refractivity contribution >= 4 is 16.7 Å². The highest BCUT2D eigenvalue weighted by Crippen LogP contribution is 2.42. The van der Waals surface area contributed by atoms with Gasteiger partial charge >= 0.3 is 0 Å². The highest BCUT2D eigenvalue weighted by molar-refractivity contribution is 7.09. The Labute approximate surface area is 126 Å². The standard InChI is InChI=1S/C15H27N3OS/c1-6-19-15(9-7-8-11(2)10-15)12-16-13(20-18-12)17-14(3,4)5/h11H,6-10H2,1-5H3,(H,16,17,18). The summed E-state index contributed by atoms with van der Waals surface area (Å²) in [6.07, 6.45) is 4.55. The lowest BCUT2D eigenvalue weighted by Crippen LogP contribution is -2.36. The molecular weight excluding hydrogens is 270 g/mol. The highest BCUT2D eigenvalue weighted by atomic mass is 32.1. The Bertz CT molecular complexity index is 437. The van der Waals surface area contributed by atoms with Gasteiger partial charge in [-0.25, -0.2) is 4.98 Å². The minimum Gasteiger partial charge on any atom is -0.367 e. The average Bonchev–Trinajstić information content (AvgIpc) is 2.76. The molecule has 4 nitrogen and oxygen atoms in total. The zero-order valence-corrected chi connectivity index (χ0v) is 14.1. The number of ether oxygens (including phenoxy) is 1. The summed E-state index contributed by atoms with van der Waals surface area (Å²) in [5.74, 6) is 1.56. The second-order valence-corrected chi connectivity index (χ2v) is 7.68.